The molecule has 1 saturated heterocycles. The highest BCUT2D eigenvalue weighted by Crippen LogP contribution is 2.25. The van der Waals surface area contributed by atoms with Gasteiger partial charge >= 0.3 is 6.18 Å². The van der Waals surface area contributed by atoms with E-state index in [9.17, 15) is 22.8 Å². The van der Waals surface area contributed by atoms with Gasteiger partial charge in [0.15, 0.2) is 6.61 Å². The summed E-state index contributed by atoms with van der Waals surface area (Å²) in [6, 6.07) is 6.21. The molecule has 1 aromatic carbocycles. The largest absolute Gasteiger partial charge is 0.484 e. The van der Waals surface area contributed by atoms with E-state index in [1.807, 2.05) is 18.7 Å². The number of carbonyl (C=O) groups excluding carboxylic acids is 2. The van der Waals surface area contributed by atoms with E-state index in [0.717, 1.165) is 24.2 Å². The molecule has 2 atom stereocenters. The summed E-state index contributed by atoms with van der Waals surface area (Å²) in [5.41, 5.74) is -0.335. The van der Waals surface area contributed by atoms with Crippen LogP contribution in [0.4, 0.5) is 13.2 Å². The number of nitrogens with zero attached hydrogens (tertiary/aromatic N) is 2. The Morgan fingerprint density at radius 3 is 2.06 bits per heavy atom. The van der Waals surface area contributed by atoms with Crippen molar-refractivity contribution in [3.63, 3.8) is 0 Å². The average molecular weight is 443 g/mol. The van der Waals surface area contributed by atoms with Crippen molar-refractivity contribution in [2.45, 2.75) is 72.1 Å². The molecule has 1 aromatic rings. The summed E-state index contributed by atoms with van der Waals surface area (Å²) in [6.07, 6.45) is -1.44. The van der Waals surface area contributed by atoms with E-state index in [1.165, 1.54) is 24.3 Å². The van der Waals surface area contributed by atoms with Gasteiger partial charge < -0.3 is 14.5 Å². The van der Waals surface area contributed by atoms with Crippen LogP contribution in [-0.4, -0.2) is 59.6 Å². The molecule has 0 bridgehead atoms. The zero-order chi connectivity index (χ0) is 23.4. The highest BCUT2D eigenvalue weighted by atomic mass is 19.4. The molecule has 2 unspecified atom stereocenters. The summed E-state index contributed by atoms with van der Waals surface area (Å²) in [5, 5.41) is 0. The maximum atomic E-state index is 13.0. The van der Waals surface area contributed by atoms with E-state index in [4.69, 9.17) is 4.74 Å². The first-order valence-corrected chi connectivity index (χ1v) is 10.7. The number of alkyl halides is 3. The van der Waals surface area contributed by atoms with Crippen LogP contribution in [0.5, 0.6) is 5.75 Å². The van der Waals surface area contributed by atoms with Gasteiger partial charge in [-0.25, -0.2) is 0 Å². The van der Waals surface area contributed by atoms with Gasteiger partial charge in [-0.05, 0) is 62.8 Å². The molecule has 1 aliphatic heterocycles. The minimum absolute atomic E-state index is 0.0235. The molecule has 0 radical (unpaired) electrons. The van der Waals surface area contributed by atoms with Crippen LogP contribution in [0, 0.1) is 5.41 Å². The first-order valence-electron chi connectivity index (χ1n) is 10.7. The summed E-state index contributed by atoms with van der Waals surface area (Å²) in [5.74, 6) is -0.396. The van der Waals surface area contributed by atoms with Gasteiger partial charge in [0.2, 0.25) is 0 Å². The van der Waals surface area contributed by atoms with Crippen LogP contribution < -0.4 is 4.74 Å². The predicted octanol–water partition coefficient (Wildman–Crippen LogP) is 4.91. The van der Waals surface area contributed by atoms with Crippen LogP contribution in [0.2, 0.25) is 0 Å². The Morgan fingerprint density at radius 1 is 1.03 bits per heavy atom. The SMILES string of the molecule is CC1CCCC(C)N1C(=O)COc1ccc(C(=O)N(CC(C)(C)C)CC(F)(F)F)cc1. The molecule has 2 amide bonds. The van der Waals surface area contributed by atoms with E-state index in [2.05, 4.69) is 0 Å². The molecule has 5 nitrogen and oxygen atoms in total. The molecule has 1 heterocycles. The number of rotatable bonds is 6. The van der Waals surface area contributed by atoms with Crippen LogP contribution in [0.25, 0.3) is 0 Å². The normalized spacial score (nSPS) is 19.8. The molecule has 0 aromatic heterocycles. The third kappa shape index (κ3) is 7.74. The minimum Gasteiger partial charge on any atom is -0.484 e. The molecule has 0 aliphatic carbocycles. The van der Waals surface area contributed by atoms with Crippen molar-refractivity contribution in [2.24, 2.45) is 5.41 Å². The predicted molar refractivity (Wildman–Crippen MR) is 113 cm³/mol. The lowest BCUT2D eigenvalue weighted by molar-refractivity contribution is -0.142. The smallest absolute Gasteiger partial charge is 0.406 e. The first-order chi connectivity index (χ1) is 14.3. The Balaban J connectivity index is 2.02. The summed E-state index contributed by atoms with van der Waals surface area (Å²) in [7, 11) is 0. The van der Waals surface area contributed by atoms with Crippen molar-refractivity contribution in [3.05, 3.63) is 29.8 Å². The van der Waals surface area contributed by atoms with Gasteiger partial charge in [-0.1, -0.05) is 20.8 Å². The fraction of sp³-hybridized carbons (Fsp3) is 0.652. The Bertz CT molecular complexity index is 731. The highest BCUT2D eigenvalue weighted by molar-refractivity contribution is 5.94. The van der Waals surface area contributed by atoms with Gasteiger partial charge in [-0.3, -0.25) is 9.59 Å². The number of hydrogen-bond acceptors (Lipinski definition) is 3. The van der Waals surface area contributed by atoms with Crippen LogP contribution >= 0.6 is 0 Å². The number of carbonyl (C=O) groups is 2. The summed E-state index contributed by atoms with van der Waals surface area (Å²) in [6.45, 7) is 7.94. The van der Waals surface area contributed by atoms with Gasteiger partial charge in [0.25, 0.3) is 11.8 Å². The number of amides is 2. The van der Waals surface area contributed by atoms with Crippen molar-refractivity contribution in [2.75, 3.05) is 19.7 Å². The van der Waals surface area contributed by atoms with Crippen molar-refractivity contribution >= 4 is 11.8 Å². The van der Waals surface area contributed by atoms with E-state index in [0.29, 0.717) is 5.75 Å². The minimum atomic E-state index is -4.48. The average Bonchev–Trinajstić information content (AvgIpc) is 2.63. The second-order valence-corrected chi connectivity index (χ2v) is 9.58. The maximum Gasteiger partial charge on any atom is 0.406 e. The van der Waals surface area contributed by atoms with Crippen LogP contribution in [0.1, 0.15) is 64.2 Å². The molecule has 0 N–H and O–H groups in total. The van der Waals surface area contributed by atoms with Crippen molar-refractivity contribution in [3.8, 4) is 5.75 Å². The molecule has 1 fully saturated rings. The Hall–Kier alpha value is -2.25. The fourth-order valence-corrected chi connectivity index (χ4v) is 4.00. The van der Waals surface area contributed by atoms with Gasteiger partial charge in [0, 0.05) is 24.2 Å². The fourth-order valence-electron chi connectivity index (χ4n) is 4.00. The number of halogens is 3. The Kier molecular flexibility index (Phi) is 8.00. The van der Waals surface area contributed by atoms with Crippen molar-refractivity contribution in [1.29, 1.82) is 0 Å². The second kappa shape index (κ2) is 9.92. The molecule has 1 aliphatic rings. The summed E-state index contributed by atoms with van der Waals surface area (Å²) < 4.78 is 44.4. The van der Waals surface area contributed by atoms with Crippen LogP contribution in [0.15, 0.2) is 24.3 Å². The van der Waals surface area contributed by atoms with E-state index in [1.54, 1.807) is 20.8 Å². The molecule has 2 rings (SSSR count). The number of ether oxygens (including phenoxy) is 1. The standard InChI is InChI=1S/C23H33F3N2O3/c1-16-7-6-8-17(2)28(16)20(29)13-31-19-11-9-18(10-12-19)21(30)27(14-22(3,4)5)15-23(24,25)26/h9-12,16-17H,6-8,13-15H2,1-5H3. The quantitative estimate of drug-likeness (QED) is 0.629. The Labute approximate surface area is 182 Å². The monoisotopic (exact) mass is 442 g/mol. The second-order valence-electron chi connectivity index (χ2n) is 9.58. The van der Waals surface area contributed by atoms with E-state index in [-0.39, 0.29) is 36.7 Å². The first kappa shape index (κ1) is 25.0. The van der Waals surface area contributed by atoms with Crippen LogP contribution in [-0.2, 0) is 4.79 Å². The van der Waals surface area contributed by atoms with Crippen molar-refractivity contribution < 1.29 is 27.5 Å². The molecule has 8 heteroatoms. The molecule has 31 heavy (non-hydrogen) atoms. The van der Waals surface area contributed by atoms with Gasteiger partial charge in [-0.15, -0.1) is 0 Å². The number of piperidine rings is 1. The third-order valence-electron chi connectivity index (χ3n) is 5.27. The van der Waals surface area contributed by atoms with E-state index < -0.39 is 24.0 Å². The summed E-state index contributed by atoms with van der Waals surface area (Å²) in [4.78, 5) is 27.9. The third-order valence-corrected chi connectivity index (χ3v) is 5.27. The lowest BCUT2D eigenvalue weighted by Gasteiger charge is -2.38. The lowest BCUT2D eigenvalue weighted by atomic mass is 9.95. The maximum absolute atomic E-state index is 13.0. The number of benzene rings is 1. The van der Waals surface area contributed by atoms with Gasteiger partial charge in [-0.2, -0.15) is 13.2 Å². The Morgan fingerprint density at radius 2 is 1.58 bits per heavy atom. The molecule has 0 saturated carbocycles. The molecular weight excluding hydrogens is 409 g/mol. The van der Waals surface area contributed by atoms with Crippen molar-refractivity contribution in [1.82, 2.24) is 9.80 Å². The van der Waals surface area contributed by atoms with Crippen LogP contribution in [0.3, 0.4) is 0 Å². The molecule has 174 valence electrons. The number of hydrogen-bond donors (Lipinski definition) is 0. The number of likely N-dealkylation sites (tertiary alicyclic amines) is 1. The zero-order valence-electron chi connectivity index (χ0n) is 19.0. The van der Waals surface area contributed by atoms with Gasteiger partial charge in [0.1, 0.15) is 12.3 Å². The highest BCUT2D eigenvalue weighted by Gasteiger charge is 2.35. The molecule has 0 spiro atoms. The van der Waals surface area contributed by atoms with E-state index >= 15 is 0 Å². The summed E-state index contributed by atoms with van der Waals surface area (Å²) >= 11 is 0. The van der Waals surface area contributed by atoms with Gasteiger partial charge in [0.05, 0.1) is 0 Å². The lowest BCUT2D eigenvalue weighted by Crippen LogP contribution is -2.49. The zero-order valence-corrected chi connectivity index (χ0v) is 19.0. The molecular formula is C23H33F3N2O3. The topological polar surface area (TPSA) is 49.9 Å².